The zero-order valence-corrected chi connectivity index (χ0v) is 22.3. The fourth-order valence-corrected chi connectivity index (χ4v) is 5.49. The van der Waals surface area contributed by atoms with Crippen LogP contribution in [-0.4, -0.2) is 27.3 Å². The Hall–Kier alpha value is -3.81. The van der Waals surface area contributed by atoms with Gasteiger partial charge in [-0.2, -0.15) is 0 Å². The molecule has 38 heavy (non-hydrogen) atoms. The number of halogens is 2. The van der Waals surface area contributed by atoms with Crippen molar-refractivity contribution in [3.8, 4) is 0 Å². The Balaban J connectivity index is 1.58. The van der Waals surface area contributed by atoms with Crippen molar-refractivity contribution in [1.82, 2.24) is 4.57 Å². The molecule has 8 heteroatoms. The summed E-state index contributed by atoms with van der Waals surface area (Å²) in [5, 5.41) is 12.7. The quantitative estimate of drug-likeness (QED) is 0.249. The lowest BCUT2D eigenvalue weighted by Crippen LogP contribution is -2.12. The number of carbonyl (C=O) groups is 1. The molecule has 1 aliphatic heterocycles. The first-order valence-corrected chi connectivity index (χ1v) is 13.2. The van der Waals surface area contributed by atoms with Crippen molar-refractivity contribution in [2.24, 2.45) is 4.99 Å². The van der Waals surface area contributed by atoms with E-state index < -0.39 is 5.97 Å². The van der Waals surface area contributed by atoms with Gasteiger partial charge in [0.2, 0.25) is 0 Å². The van der Waals surface area contributed by atoms with E-state index in [9.17, 15) is 14.3 Å². The summed E-state index contributed by atoms with van der Waals surface area (Å²) in [5.74, 6) is -1.20. The Morgan fingerprint density at radius 3 is 2.63 bits per heavy atom. The van der Waals surface area contributed by atoms with E-state index in [2.05, 4.69) is 4.99 Å². The highest BCUT2D eigenvalue weighted by Gasteiger charge is 2.33. The van der Waals surface area contributed by atoms with Gasteiger partial charge in [0.15, 0.2) is 0 Å². The predicted octanol–water partition coefficient (Wildman–Crippen LogP) is 7.98. The number of hydrogen-bond donors (Lipinski definition) is 1. The minimum atomic E-state index is -0.636. The topological polar surface area (TPSA) is 63.8 Å². The Labute approximate surface area is 228 Å². The number of benzene rings is 3. The summed E-state index contributed by atoms with van der Waals surface area (Å²) >= 11 is 7.49. The minimum absolute atomic E-state index is 0.0329. The molecule has 0 aliphatic carbocycles. The molecule has 5 rings (SSSR count). The summed E-state index contributed by atoms with van der Waals surface area (Å²) in [6, 6.07) is 19.9. The van der Waals surface area contributed by atoms with Gasteiger partial charge in [-0.1, -0.05) is 65.3 Å². The van der Waals surface area contributed by atoms with E-state index in [-0.39, 0.29) is 30.3 Å². The standard InChI is InChI=1S/C30H24ClFN2O3S/c1-3-37-30(36)27-28(35)26(38-29(27)33-20-13-11-18(2)12-14-20)15-19-16-34(25-10-5-4-7-21(19)25)17-22-23(31)8-6-9-24(22)32/h4-16,35H,3,17H2,1-2H3/b26-15-,33-29?. The molecular weight excluding hydrogens is 523 g/mol. The van der Waals surface area contributed by atoms with Crippen molar-refractivity contribution in [3.63, 3.8) is 0 Å². The van der Waals surface area contributed by atoms with Crippen LogP contribution in [0.2, 0.25) is 5.02 Å². The van der Waals surface area contributed by atoms with Gasteiger partial charge in [-0.3, -0.25) is 0 Å². The molecule has 0 spiro atoms. The van der Waals surface area contributed by atoms with E-state index in [1.807, 2.05) is 66.2 Å². The fourth-order valence-electron chi connectivity index (χ4n) is 4.24. The van der Waals surface area contributed by atoms with Gasteiger partial charge in [0.1, 0.15) is 22.2 Å². The number of para-hydroxylation sites is 1. The Morgan fingerprint density at radius 1 is 1.13 bits per heavy atom. The number of aliphatic hydroxyl groups excluding tert-OH is 1. The molecule has 0 saturated carbocycles. The first-order valence-electron chi connectivity index (χ1n) is 12.0. The number of fused-ring (bicyclic) bond motifs is 1. The van der Waals surface area contributed by atoms with Crippen molar-refractivity contribution >= 4 is 57.0 Å². The van der Waals surface area contributed by atoms with Crippen LogP contribution >= 0.6 is 23.4 Å². The third kappa shape index (κ3) is 5.12. The molecule has 1 N–H and O–H groups in total. The fraction of sp³-hybridized carbons (Fsp3) is 0.133. The molecular formula is C30H24ClFN2O3S. The number of rotatable bonds is 6. The van der Waals surface area contributed by atoms with Gasteiger partial charge < -0.3 is 14.4 Å². The van der Waals surface area contributed by atoms with Crippen LogP contribution in [-0.2, 0) is 16.1 Å². The molecule has 0 unspecified atom stereocenters. The maximum absolute atomic E-state index is 14.5. The normalized spacial score (nSPS) is 15.7. The predicted molar refractivity (Wildman–Crippen MR) is 153 cm³/mol. The summed E-state index contributed by atoms with van der Waals surface area (Å²) < 4.78 is 21.7. The molecule has 0 amide bonds. The summed E-state index contributed by atoms with van der Waals surface area (Å²) in [6.45, 7) is 4.10. The first-order chi connectivity index (χ1) is 18.4. The molecule has 0 bridgehead atoms. The van der Waals surface area contributed by atoms with E-state index in [1.165, 1.54) is 17.8 Å². The van der Waals surface area contributed by atoms with Crippen molar-refractivity contribution in [3.05, 3.63) is 117 Å². The monoisotopic (exact) mass is 546 g/mol. The number of hydrogen-bond acceptors (Lipinski definition) is 5. The number of nitrogens with zero attached hydrogens (tertiary/aromatic N) is 2. The van der Waals surface area contributed by atoms with E-state index in [1.54, 1.807) is 25.1 Å². The van der Waals surface area contributed by atoms with E-state index in [0.29, 0.717) is 26.2 Å². The largest absolute Gasteiger partial charge is 0.506 e. The number of ether oxygens (including phenoxy) is 1. The van der Waals surface area contributed by atoms with Crippen LogP contribution in [0.1, 0.15) is 23.6 Å². The van der Waals surface area contributed by atoms with Crippen molar-refractivity contribution in [1.29, 1.82) is 0 Å². The number of aryl methyl sites for hydroxylation is 1. The van der Waals surface area contributed by atoms with Crippen molar-refractivity contribution in [2.45, 2.75) is 20.4 Å². The number of esters is 1. The lowest BCUT2D eigenvalue weighted by atomic mass is 10.1. The van der Waals surface area contributed by atoms with Gasteiger partial charge in [-0.15, -0.1) is 0 Å². The highest BCUT2D eigenvalue weighted by atomic mass is 35.5. The minimum Gasteiger partial charge on any atom is -0.506 e. The summed E-state index contributed by atoms with van der Waals surface area (Å²) in [6.07, 6.45) is 3.69. The number of aromatic nitrogens is 1. The van der Waals surface area contributed by atoms with E-state index >= 15 is 0 Å². The molecule has 0 atom stereocenters. The number of aliphatic hydroxyl groups is 1. The second-order valence-electron chi connectivity index (χ2n) is 8.74. The lowest BCUT2D eigenvalue weighted by Gasteiger charge is -2.08. The van der Waals surface area contributed by atoms with Crippen LogP contribution in [0.3, 0.4) is 0 Å². The summed E-state index contributed by atoms with van der Waals surface area (Å²) in [7, 11) is 0. The molecule has 0 radical (unpaired) electrons. The van der Waals surface area contributed by atoms with Crippen LogP contribution < -0.4 is 0 Å². The molecule has 1 aromatic heterocycles. The summed E-state index contributed by atoms with van der Waals surface area (Å²) in [5.41, 5.74) is 3.85. The van der Waals surface area contributed by atoms with Crippen LogP contribution in [0.15, 0.2) is 94.2 Å². The van der Waals surface area contributed by atoms with Gasteiger partial charge in [0.25, 0.3) is 0 Å². The average molecular weight is 547 g/mol. The average Bonchev–Trinajstić information content (AvgIpc) is 3.40. The molecule has 1 aliphatic rings. The van der Waals surface area contributed by atoms with Crippen LogP contribution in [0.4, 0.5) is 10.1 Å². The third-order valence-corrected chi connectivity index (χ3v) is 7.50. The second kappa shape index (κ2) is 10.9. The van der Waals surface area contributed by atoms with E-state index in [0.717, 1.165) is 22.0 Å². The Morgan fingerprint density at radius 2 is 1.89 bits per heavy atom. The number of thioether (sulfide) groups is 1. The number of carbonyl (C=O) groups excluding carboxylic acids is 1. The highest BCUT2D eigenvalue weighted by Crippen LogP contribution is 2.41. The highest BCUT2D eigenvalue weighted by molar-refractivity contribution is 8.18. The van der Waals surface area contributed by atoms with E-state index in [4.69, 9.17) is 16.3 Å². The zero-order chi connectivity index (χ0) is 26.8. The van der Waals surface area contributed by atoms with Gasteiger partial charge in [0, 0.05) is 33.2 Å². The van der Waals surface area contributed by atoms with Crippen LogP contribution in [0, 0.1) is 12.7 Å². The van der Waals surface area contributed by atoms with Gasteiger partial charge in [-0.25, -0.2) is 14.2 Å². The Bertz CT molecular complexity index is 1620. The second-order valence-corrected chi connectivity index (χ2v) is 10.2. The van der Waals surface area contributed by atoms with Crippen LogP contribution in [0.25, 0.3) is 17.0 Å². The van der Waals surface area contributed by atoms with Crippen molar-refractivity contribution < 1.29 is 19.0 Å². The molecule has 5 nitrogen and oxygen atoms in total. The van der Waals surface area contributed by atoms with Crippen molar-refractivity contribution in [2.75, 3.05) is 6.61 Å². The maximum atomic E-state index is 14.5. The Kier molecular flexibility index (Phi) is 7.40. The molecule has 0 saturated heterocycles. The van der Waals surface area contributed by atoms with Gasteiger partial charge in [0.05, 0.1) is 23.7 Å². The molecule has 192 valence electrons. The molecule has 0 fully saturated rings. The molecule has 4 aromatic rings. The van der Waals surface area contributed by atoms with Crippen LogP contribution in [0.5, 0.6) is 0 Å². The SMILES string of the molecule is CCOC(=O)C1=C(O)/C(=C/c2cn(Cc3c(F)cccc3Cl)c3ccccc23)SC1=Nc1ccc(C)cc1. The third-order valence-electron chi connectivity index (χ3n) is 6.13. The first kappa shape index (κ1) is 25.8. The van der Waals surface area contributed by atoms with Gasteiger partial charge in [-0.05, 0) is 50.3 Å². The maximum Gasteiger partial charge on any atom is 0.344 e. The summed E-state index contributed by atoms with van der Waals surface area (Å²) in [4.78, 5) is 17.9. The zero-order valence-electron chi connectivity index (χ0n) is 20.7. The van der Waals surface area contributed by atoms with Gasteiger partial charge >= 0.3 is 5.97 Å². The lowest BCUT2D eigenvalue weighted by molar-refractivity contribution is -0.138. The molecule has 2 heterocycles. The smallest absolute Gasteiger partial charge is 0.344 e. The molecule has 3 aromatic carbocycles. The number of aliphatic imine (C=N–C) groups is 1.